The Hall–Kier alpha value is -1.36. The van der Waals surface area contributed by atoms with Crippen molar-refractivity contribution < 1.29 is 14.3 Å². The van der Waals surface area contributed by atoms with Gasteiger partial charge >= 0.3 is 5.97 Å². The number of carbonyl (C=O) groups is 1. The Morgan fingerprint density at radius 1 is 1.47 bits per heavy atom. The van der Waals surface area contributed by atoms with E-state index in [-0.39, 0.29) is 5.97 Å². The summed E-state index contributed by atoms with van der Waals surface area (Å²) >= 11 is 0. The number of nitrogens with one attached hydrogen (secondary N) is 1. The molecule has 1 aromatic rings. The number of rotatable bonds is 6. The van der Waals surface area contributed by atoms with Gasteiger partial charge in [0.2, 0.25) is 0 Å². The van der Waals surface area contributed by atoms with Crippen molar-refractivity contribution in [1.29, 1.82) is 0 Å². The highest BCUT2D eigenvalue weighted by Gasteiger charge is 2.19. The summed E-state index contributed by atoms with van der Waals surface area (Å²) in [5.74, 6) is 0.114. The topological polar surface area (TPSA) is 64.2 Å². The van der Waals surface area contributed by atoms with Gasteiger partial charge in [0, 0.05) is 12.3 Å². The maximum atomic E-state index is 11.7. The van der Waals surface area contributed by atoms with Gasteiger partial charge in [0.05, 0.1) is 13.2 Å². The van der Waals surface area contributed by atoms with E-state index in [4.69, 9.17) is 9.47 Å². The van der Waals surface area contributed by atoms with Crippen LogP contribution in [0.3, 0.4) is 0 Å². The minimum absolute atomic E-state index is 0.330. The predicted molar refractivity (Wildman–Crippen MR) is 63.8 cm³/mol. The van der Waals surface area contributed by atoms with Crippen LogP contribution in [0.15, 0.2) is 0 Å². The molecule has 96 valence electrons. The first-order chi connectivity index (χ1) is 8.06. The molecule has 0 aromatic carbocycles. The number of aryl methyl sites for hydroxylation is 1. The fraction of sp³-hybridized carbons (Fsp3) is 0.667. The van der Waals surface area contributed by atoms with Crippen molar-refractivity contribution in [2.24, 2.45) is 5.92 Å². The summed E-state index contributed by atoms with van der Waals surface area (Å²) in [7, 11) is 0. The van der Waals surface area contributed by atoms with Crippen molar-refractivity contribution in [3.05, 3.63) is 17.0 Å². The van der Waals surface area contributed by atoms with Crippen LogP contribution < -0.4 is 0 Å². The monoisotopic (exact) mass is 240 g/mol. The largest absolute Gasteiger partial charge is 0.462 e. The zero-order valence-corrected chi connectivity index (χ0v) is 10.9. The number of aromatic amines is 1. The van der Waals surface area contributed by atoms with Gasteiger partial charge in [-0.3, -0.25) is 5.10 Å². The molecule has 17 heavy (non-hydrogen) atoms. The first-order valence-corrected chi connectivity index (χ1v) is 5.85. The summed E-state index contributed by atoms with van der Waals surface area (Å²) in [6, 6.07) is 0. The van der Waals surface area contributed by atoms with E-state index >= 15 is 0 Å². The molecule has 0 saturated carbocycles. The Balaban J connectivity index is 2.69. The minimum atomic E-state index is -0.345. The van der Waals surface area contributed by atoms with Gasteiger partial charge in [-0.15, -0.1) is 0 Å². The third-order valence-electron chi connectivity index (χ3n) is 2.19. The molecule has 5 heteroatoms. The zero-order chi connectivity index (χ0) is 12.8. The highest BCUT2D eigenvalue weighted by molar-refractivity contribution is 5.91. The Morgan fingerprint density at radius 3 is 2.76 bits per heavy atom. The van der Waals surface area contributed by atoms with Gasteiger partial charge < -0.3 is 9.47 Å². The highest BCUT2D eigenvalue weighted by atomic mass is 16.5. The van der Waals surface area contributed by atoms with Gasteiger partial charge in [0.1, 0.15) is 11.3 Å². The van der Waals surface area contributed by atoms with E-state index < -0.39 is 0 Å². The molecular formula is C12H20N2O3. The number of nitrogens with zero attached hydrogens (tertiary/aromatic N) is 1. The lowest BCUT2D eigenvalue weighted by Crippen LogP contribution is -2.10. The van der Waals surface area contributed by atoms with Crippen molar-refractivity contribution in [3.8, 4) is 0 Å². The Morgan fingerprint density at radius 2 is 2.18 bits per heavy atom. The molecule has 1 N–H and O–H groups in total. The van der Waals surface area contributed by atoms with Crippen molar-refractivity contribution >= 4 is 5.97 Å². The standard InChI is InChI=1S/C12H20N2O3/c1-5-17-12(15)11-9(4)13-14-10(11)7-16-6-8(2)3/h8H,5-7H2,1-4H3,(H,13,14). The fourth-order valence-electron chi connectivity index (χ4n) is 1.45. The molecule has 0 saturated heterocycles. The van der Waals surface area contributed by atoms with Gasteiger partial charge in [-0.25, -0.2) is 4.79 Å². The highest BCUT2D eigenvalue weighted by Crippen LogP contribution is 2.13. The molecule has 0 aliphatic carbocycles. The van der Waals surface area contributed by atoms with E-state index in [1.165, 1.54) is 0 Å². The lowest BCUT2D eigenvalue weighted by Gasteiger charge is -2.06. The predicted octanol–water partition coefficient (Wildman–Crippen LogP) is 2.07. The molecule has 1 rings (SSSR count). The van der Waals surface area contributed by atoms with E-state index in [9.17, 15) is 4.79 Å². The third kappa shape index (κ3) is 3.85. The quantitative estimate of drug-likeness (QED) is 0.773. The van der Waals surface area contributed by atoms with Crippen molar-refractivity contribution in [2.45, 2.75) is 34.3 Å². The first kappa shape index (κ1) is 13.7. The molecular weight excluding hydrogens is 220 g/mol. The summed E-state index contributed by atoms with van der Waals surface area (Å²) in [6.45, 7) is 9.05. The Bertz CT molecular complexity index is 372. The molecule has 0 spiro atoms. The van der Waals surface area contributed by atoms with E-state index in [0.717, 1.165) is 0 Å². The van der Waals surface area contributed by atoms with Crippen LogP contribution in [0.25, 0.3) is 0 Å². The smallest absolute Gasteiger partial charge is 0.341 e. The minimum Gasteiger partial charge on any atom is -0.462 e. The van der Waals surface area contributed by atoms with E-state index in [0.29, 0.717) is 42.7 Å². The molecule has 5 nitrogen and oxygen atoms in total. The molecule has 0 radical (unpaired) electrons. The van der Waals surface area contributed by atoms with Crippen molar-refractivity contribution in [3.63, 3.8) is 0 Å². The van der Waals surface area contributed by atoms with Crippen LogP contribution in [-0.2, 0) is 16.1 Å². The van der Waals surface area contributed by atoms with Crippen LogP contribution in [0, 0.1) is 12.8 Å². The molecule has 0 fully saturated rings. The Kier molecular flexibility index (Phi) is 5.15. The SMILES string of the molecule is CCOC(=O)c1c(COCC(C)C)n[nH]c1C. The second-order valence-corrected chi connectivity index (χ2v) is 4.30. The Labute approximate surface area is 102 Å². The summed E-state index contributed by atoms with van der Waals surface area (Å²) < 4.78 is 10.5. The lowest BCUT2D eigenvalue weighted by molar-refractivity contribution is 0.0514. The molecule has 0 amide bonds. The maximum Gasteiger partial charge on any atom is 0.341 e. The molecule has 1 heterocycles. The van der Waals surface area contributed by atoms with Gasteiger partial charge in [-0.2, -0.15) is 5.10 Å². The lowest BCUT2D eigenvalue weighted by atomic mass is 10.2. The average molecular weight is 240 g/mol. The molecule has 0 aliphatic heterocycles. The van der Waals surface area contributed by atoms with Crippen molar-refractivity contribution in [1.82, 2.24) is 10.2 Å². The number of H-pyrrole nitrogens is 1. The molecule has 0 bridgehead atoms. The zero-order valence-electron chi connectivity index (χ0n) is 10.9. The summed E-state index contributed by atoms with van der Waals surface area (Å²) in [4.78, 5) is 11.7. The van der Waals surface area contributed by atoms with E-state index in [2.05, 4.69) is 24.0 Å². The van der Waals surface area contributed by atoms with Crippen LogP contribution in [0.2, 0.25) is 0 Å². The van der Waals surface area contributed by atoms with Crippen LogP contribution >= 0.6 is 0 Å². The number of hydrogen-bond donors (Lipinski definition) is 1. The molecule has 0 atom stereocenters. The number of ether oxygens (including phenoxy) is 2. The van der Waals surface area contributed by atoms with Crippen LogP contribution in [0.5, 0.6) is 0 Å². The van der Waals surface area contributed by atoms with Crippen molar-refractivity contribution in [2.75, 3.05) is 13.2 Å². The van der Waals surface area contributed by atoms with Crippen LogP contribution in [0.4, 0.5) is 0 Å². The first-order valence-electron chi connectivity index (χ1n) is 5.85. The number of aromatic nitrogens is 2. The molecule has 1 aromatic heterocycles. The summed E-state index contributed by atoms with van der Waals surface area (Å²) in [5, 5.41) is 6.85. The van der Waals surface area contributed by atoms with Gasteiger partial charge in [0.15, 0.2) is 0 Å². The number of carbonyl (C=O) groups excluding carboxylic acids is 1. The molecule has 0 unspecified atom stereocenters. The van der Waals surface area contributed by atoms with E-state index in [1.807, 2.05) is 0 Å². The fourth-order valence-corrected chi connectivity index (χ4v) is 1.45. The maximum absolute atomic E-state index is 11.7. The summed E-state index contributed by atoms with van der Waals surface area (Å²) in [6.07, 6.45) is 0. The average Bonchev–Trinajstić information content (AvgIpc) is 2.60. The summed E-state index contributed by atoms with van der Waals surface area (Å²) in [5.41, 5.74) is 1.82. The third-order valence-corrected chi connectivity index (χ3v) is 2.19. The van der Waals surface area contributed by atoms with Gasteiger partial charge in [0.25, 0.3) is 0 Å². The normalized spacial score (nSPS) is 10.9. The number of esters is 1. The van der Waals surface area contributed by atoms with Crippen LogP contribution in [-0.4, -0.2) is 29.4 Å². The second-order valence-electron chi connectivity index (χ2n) is 4.30. The van der Waals surface area contributed by atoms with Gasteiger partial charge in [-0.05, 0) is 19.8 Å². The van der Waals surface area contributed by atoms with Crippen LogP contribution in [0.1, 0.15) is 42.5 Å². The second kappa shape index (κ2) is 6.39. The molecule has 0 aliphatic rings. The number of hydrogen-bond acceptors (Lipinski definition) is 4. The van der Waals surface area contributed by atoms with E-state index in [1.54, 1.807) is 13.8 Å². The van der Waals surface area contributed by atoms with Gasteiger partial charge in [-0.1, -0.05) is 13.8 Å².